The minimum atomic E-state index is -0.344. The Bertz CT molecular complexity index is 369. The first kappa shape index (κ1) is 12.4. The molecular formula is C11H15FN2O2. The van der Waals surface area contributed by atoms with Gasteiger partial charge in [0.2, 0.25) is 5.91 Å². The van der Waals surface area contributed by atoms with Crippen molar-refractivity contribution in [2.75, 3.05) is 20.7 Å². The maximum absolute atomic E-state index is 13.4. The Kier molecular flexibility index (Phi) is 4.72. The molecule has 0 atom stereocenters. The van der Waals surface area contributed by atoms with Crippen LogP contribution in [0.15, 0.2) is 18.2 Å². The summed E-state index contributed by atoms with van der Waals surface area (Å²) in [6, 6.07) is 4.63. The van der Waals surface area contributed by atoms with Crippen LogP contribution >= 0.6 is 0 Å². The van der Waals surface area contributed by atoms with Crippen molar-refractivity contribution in [3.05, 3.63) is 29.6 Å². The van der Waals surface area contributed by atoms with Gasteiger partial charge in [0.25, 0.3) is 0 Å². The lowest BCUT2D eigenvalue weighted by molar-refractivity contribution is -0.119. The Labute approximate surface area is 93.8 Å². The SMILES string of the molecule is CNC(=O)CNCc1ccc(OC)cc1F. The Morgan fingerprint density at radius 3 is 2.81 bits per heavy atom. The number of halogens is 1. The highest BCUT2D eigenvalue weighted by atomic mass is 19.1. The molecule has 0 aromatic heterocycles. The van der Waals surface area contributed by atoms with Gasteiger partial charge in [-0.05, 0) is 6.07 Å². The van der Waals surface area contributed by atoms with Crippen LogP contribution in [0.2, 0.25) is 0 Å². The molecule has 0 heterocycles. The van der Waals surface area contributed by atoms with E-state index in [1.54, 1.807) is 19.2 Å². The summed E-state index contributed by atoms with van der Waals surface area (Å²) >= 11 is 0. The molecule has 0 aliphatic rings. The van der Waals surface area contributed by atoms with Gasteiger partial charge >= 0.3 is 0 Å². The lowest BCUT2D eigenvalue weighted by atomic mass is 10.2. The second-order valence-electron chi connectivity index (χ2n) is 3.23. The lowest BCUT2D eigenvalue weighted by Gasteiger charge is -2.06. The van der Waals surface area contributed by atoms with Gasteiger partial charge in [-0.1, -0.05) is 6.07 Å². The summed E-state index contributed by atoms with van der Waals surface area (Å²) < 4.78 is 18.3. The van der Waals surface area contributed by atoms with Gasteiger partial charge in [0.1, 0.15) is 11.6 Å². The van der Waals surface area contributed by atoms with Gasteiger partial charge < -0.3 is 15.4 Å². The normalized spacial score (nSPS) is 9.94. The van der Waals surface area contributed by atoms with Gasteiger partial charge in [0, 0.05) is 25.2 Å². The second kappa shape index (κ2) is 6.07. The molecule has 1 rings (SSSR count). The van der Waals surface area contributed by atoms with E-state index in [1.807, 2.05) is 0 Å². The summed E-state index contributed by atoms with van der Waals surface area (Å²) in [6.07, 6.45) is 0. The number of carbonyl (C=O) groups is 1. The molecule has 0 aliphatic heterocycles. The molecule has 1 aromatic rings. The quantitative estimate of drug-likeness (QED) is 0.776. The van der Waals surface area contributed by atoms with E-state index in [1.165, 1.54) is 13.2 Å². The maximum Gasteiger partial charge on any atom is 0.233 e. The number of amides is 1. The minimum absolute atomic E-state index is 0.131. The average molecular weight is 226 g/mol. The Morgan fingerprint density at radius 2 is 2.25 bits per heavy atom. The van der Waals surface area contributed by atoms with Crippen molar-refractivity contribution in [1.29, 1.82) is 0 Å². The minimum Gasteiger partial charge on any atom is -0.497 e. The highest BCUT2D eigenvalue weighted by molar-refractivity contribution is 5.77. The topological polar surface area (TPSA) is 50.4 Å². The summed E-state index contributed by atoms with van der Waals surface area (Å²) in [5, 5.41) is 5.31. The van der Waals surface area contributed by atoms with E-state index in [-0.39, 0.29) is 18.3 Å². The van der Waals surface area contributed by atoms with Crippen molar-refractivity contribution in [1.82, 2.24) is 10.6 Å². The van der Waals surface area contributed by atoms with Crippen molar-refractivity contribution in [2.45, 2.75) is 6.54 Å². The van der Waals surface area contributed by atoms with E-state index in [4.69, 9.17) is 4.74 Å². The van der Waals surface area contributed by atoms with Gasteiger partial charge in [0.05, 0.1) is 13.7 Å². The van der Waals surface area contributed by atoms with Crippen LogP contribution in [0.3, 0.4) is 0 Å². The average Bonchev–Trinajstić information content (AvgIpc) is 2.30. The molecule has 4 nitrogen and oxygen atoms in total. The number of likely N-dealkylation sites (N-methyl/N-ethyl adjacent to an activating group) is 1. The monoisotopic (exact) mass is 226 g/mol. The Hall–Kier alpha value is -1.62. The van der Waals surface area contributed by atoms with E-state index >= 15 is 0 Å². The van der Waals surface area contributed by atoms with Gasteiger partial charge in [-0.2, -0.15) is 0 Å². The maximum atomic E-state index is 13.4. The first-order chi connectivity index (χ1) is 7.67. The van der Waals surface area contributed by atoms with E-state index in [0.717, 1.165) is 0 Å². The Balaban J connectivity index is 2.51. The highest BCUT2D eigenvalue weighted by Crippen LogP contribution is 2.15. The van der Waals surface area contributed by atoms with E-state index in [9.17, 15) is 9.18 Å². The lowest BCUT2D eigenvalue weighted by Crippen LogP contribution is -2.31. The van der Waals surface area contributed by atoms with Crippen molar-refractivity contribution < 1.29 is 13.9 Å². The smallest absolute Gasteiger partial charge is 0.233 e. The molecule has 16 heavy (non-hydrogen) atoms. The molecule has 1 amide bonds. The predicted octanol–water partition coefficient (Wildman–Crippen LogP) is 0.670. The zero-order valence-electron chi connectivity index (χ0n) is 9.34. The van der Waals surface area contributed by atoms with Gasteiger partial charge in [-0.3, -0.25) is 4.79 Å². The first-order valence-corrected chi connectivity index (χ1v) is 4.91. The molecule has 0 spiro atoms. The number of nitrogens with one attached hydrogen (secondary N) is 2. The summed E-state index contributed by atoms with van der Waals surface area (Å²) in [5.74, 6) is 0.00484. The molecule has 5 heteroatoms. The number of benzene rings is 1. The molecule has 0 unspecified atom stereocenters. The fourth-order valence-electron chi connectivity index (χ4n) is 1.20. The molecule has 2 N–H and O–H groups in total. The summed E-state index contributed by atoms with van der Waals surface area (Å²) in [4.78, 5) is 10.9. The van der Waals surface area contributed by atoms with Crippen molar-refractivity contribution in [3.8, 4) is 5.75 Å². The van der Waals surface area contributed by atoms with E-state index < -0.39 is 0 Å². The number of hydrogen-bond donors (Lipinski definition) is 2. The highest BCUT2D eigenvalue weighted by Gasteiger charge is 2.04. The summed E-state index contributed by atoms with van der Waals surface area (Å²) in [7, 11) is 3.04. The molecule has 0 radical (unpaired) electrons. The van der Waals surface area contributed by atoms with Crippen LogP contribution < -0.4 is 15.4 Å². The van der Waals surface area contributed by atoms with Crippen LogP contribution in [0.5, 0.6) is 5.75 Å². The molecule has 0 saturated heterocycles. The molecule has 0 bridgehead atoms. The fraction of sp³-hybridized carbons (Fsp3) is 0.364. The number of rotatable bonds is 5. The number of ether oxygens (including phenoxy) is 1. The molecule has 88 valence electrons. The zero-order valence-corrected chi connectivity index (χ0v) is 9.34. The molecule has 0 saturated carbocycles. The fourth-order valence-corrected chi connectivity index (χ4v) is 1.20. The van der Waals surface area contributed by atoms with Crippen LogP contribution in [-0.2, 0) is 11.3 Å². The second-order valence-corrected chi connectivity index (χ2v) is 3.23. The number of methoxy groups -OCH3 is 1. The zero-order chi connectivity index (χ0) is 12.0. The van der Waals surface area contributed by atoms with E-state index in [2.05, 4.69) is 10.6 Å². The molecule has 0 aliphatic carbocycles. The third-order valence-electron chi connectivity index (χ3n) is 2.14. The largest absolute Gasteiger partial charge is 0.497 e. The third-order valence-corrected chi connectivity index (χ3v) is 2.14. The summed E-state index contributed by atoms with van der Waals surface area (Å²) in [6.45, 7) is 0.477. The summed E-state index contributed by atoms with van der Waals surface area (Å²) in [5.41, 5.74) is 0.504. The Morgan fingerprint density at radius 1 is 1.50 bits per heavy atom. The van der Waals surface area contributed by atoms with Gasteiger partial charge in [0.15, 0.2) is 0 Å². The molecule has 1 aromatic carbocycles. The van der Waals surface area contributed by atoms with Crippen LogP contribution in [0.1, 0.15) is 5.56 Å². The van der Waals surface area contributed by atoms with Crippen molar-refractivity contribution in [3.63, 3.8) is 0 Å². The van der Waals surface area contributed by atoms with Crippen molar-refractivity contribution >= 4 is 5.91 Å². The first-order valence-electron chi connectivity index (χ1n) is 4.91. The number of carbonyl (C=O) groups excluding carboxylic acids is 1. The van der Waals surface area contributed by atoms with Gasteiger partial charge in [-0.15, -0.1) is 0 Å². The van der Waals surface area contributed by atoms with Crippen LogP contribution in [0.25, 0.3) is 0 Å². The van der Waals surface area contributed by atoms with Gasteiger partial charge in [-0.25, -0.2) is 4.39 Å². The molecular weight excluding hydrogens is 211 g/mol. The van der Waals surface area contributed by atoms with Crippen LogP contribution in [-0.4, -0.2) is 26.6 Å². The third kappa shape index (κ3) is 3.51. The van der Waals surface area contributed by atoms with Crippen LogP contribution in [0, 0.1) is 5.82 Å². The number of hydrogen-bond acceptors (Lipinski definition) is 3. The molecule has 0 fully saturated rings. The van der Waals surface area contributed by atoms with Crippen molar-refractivity contribution in [2.24, 2.45) is 0 Å². The van der Waals surface area contributed by atoms with Crippen LogP contribution in [0.4, 0.5) is 4.39 Å². The predicted molar refractivity (Wildman–Crippen MR) is 58.7 cm³/mol. The standard InChI is InChI=1S/C11H15FN2O2/c1-13-11(15)7-14-6-8-3-4-9(16-2)5-10(8)12/h3-5,14H,6-7H2,1-2H3,(H,13,15). The van der Waals surface area contributed by atoms with E-state index in [0.29, 0.717) is 17.9 Å².